The van der Waals surface area contributed by atoms with Crippen LogP contribution in [0, 0.1) is 11.8 Å². The van der Waals surface area contributed by atoms with E-state index < -0.39 is 35.8 Å². The molecule has 6 N–H and O–H groups in total. The number of carbonyl (C=O) groups excluding carboxylic acids is 6. The molecule has 1 saturated carbocycles. The minimum atomic E-state index is -0.483. The highest BCUT2D eigenvalue weighted by Gasteiger charge is 2.21. The molecule has 7 rings (SSSR count). The van der Waals surface area contributed by atoms with Crippen molar-refractivity contribution in [2.24, 2.45) is 11.8 Å². The highest BCUT2D eigenvalue weighted by molar-refractivity contribution is 5.95. The fourth-order valence-corrected chi connectivity index (χ4v) is 8.01. The second-order valence-electron chi connectivity index (χ2n) is 21.9. The summed E-state index contributed by atoms with van der Waals surface area (Å²) in [6.07, 6.45) is 19.2. The lowest BCUT2D eigenvalue weighted by Gasteiger charge is -2.21. The quantitative estimate of drug-likeness (QED) is 0.0134. The van der Waals surface area contributed by atoms with Crippen molar-refractivity contribution in [2.75, 3.05) is 33.0 Å². The maximum Gasteiger partial charge on any atom is 0.342 e. The van der Waals surface area contributed by atoms with E-state index in [4.69, 9.17) is 28.4 Å². The molecule has 0 saturated heterocycles. The van der Waals surface area contributed by atoms with Gasteiger partial charge in [0.1, 0.15) is 74.0 Å². The van der Waals surface area contributed by atoms with Crippen LogP contribution in [0.4, 0.5) is 0 Å². The number of phenolic OH excluding ortho intramolecular Hbond substituents is 6. The lowest BCUT2D eigenvalue weighted by Crippen LogP contribution is -2.20. The van der Waals surface area contributed by atoms with Crippen LogP contribution in [0.5, 0.6) is 34.5 Å². The van der Waals surface area contributed by atoms with E-state index in [1.54, 1.807) is 103 Å². The minimum Gasteiger partial charge on any atom is -0.507 e. The van der Waals surface area contributed by atoms with Gasteiger partial charge in [-0.15, -0.1) is 0 Å². The minimum absolute atomic E-state index is 0.0108. The van der Waals surface area contributed by atoms with Crippen LogP contribution in [0.3, 0.4) is 0 Å². The molecule has 18 nitrogen and oxygen atoms in total. The topological polar surface area (TPSA) is 279 Å². The summed E-state index contributed by atoms with van der Waals surface area (Å²) < 4.78 is 30.4. The zero-order chi connectivity index (χ0) is 67.9. The number of phenols is 6. The molecule has 0 atom stereocenters. The largest absolute Gasteiger partial charge is 0.507 e. The third-order valence-electron chi connectivity index (χ3n) is 13.2. The Morgan fingerprint density at radius 2 is 0.696 bits per heavy atom. The first-order chi connectivity index (χ1) is 44.2. The molecule has 1 fully saturated rings. The van der Waals surface area contributed by atoms with Crippen LogP contribution < -0.4 is 0 Å². The molecule has 0 aliphatic heterocycles. The summed E-state index contributed by atoms with van der Waals surface area (Å²) in [5.41, 5.74) is 1.37. The van der Waals surface area contributed by atoms with Gasteiger partial charge < -0.3 is 59.1 Å². The second-order valence-corrected chi connectivity index (χ2v) is 21.9. The van der Waals surface area contributed by atoms with Crippen molar-refractivity contribution in [3.05, 3.63) is 191 Å². The number of hydrogen-bond donors (Lipinski definition) is 6. The van der Waals surface area contributed by atoms with Gasteiger partial charge in [0.2, 0.25) is 0 Å². The van der Waals surface area contributed by atoms with Crippen LogP contribution in [0.15, 0.2) is 158 Å². The van der Waals surface area contributed by atoms with Gasteiger partial charge in [0.05, 0.1) is 33.0 Å². The Bertz CT molecular complexity index is 3110. The van der Waals surface area contributed by atoms with E-state index in [9.17, 15) is 59.4 Å². The number of carbonyl (C=O) groups is 6. The molecule has 500 valence electrons. The molecule has 0 spiro atoms. The first-order valence-corrected chi connectivity index (χ1v) is 31.6. The number of esters is 6. The van der Waals surface area contributed by atoms with E-state index in [0.717, 1.165) is 83.5 Å². The first-order valence-electron chi connectivity index (χ1n) is 31.6. The maximum absolute atomic E-state index is 11.8. The number of ether oxygens (including phenoxy) is 6. The Labute approximate surface area is 542 Å². The summed E-state index contributed by atoms with van der Waals surface area (Å²) in [6.45, 7) is 16.2. The van der Waals surface area contributed by atoms with Gasteiger partial charge in [0.15, 0.2) is 0 Å². The van der Waals surface area contributed by atoms with Crippen LogP contribution in [0.25, 0.3) is 0 Å². The van der Waals surface area contributed by atoms with E-state index in [0.29, 0.717) is 51.3 Å². The Kier molecular flexibility index (Phi) is 40.8. The van der Waals surface area contributed by atoms with E-state index in [1.165, 1.54) is 48.9 Å². The number of allylic oxidation sites excluding steroid dienone is 1. The monoisotopic (exact) mass is 1270 g/mol. The molecule has 0 bridgehead atoms. The Balaban J connectivity index is 0.000000376. The second kappa shape index (κ2) is 47.6. The normalized spacial score (nSPS) is 11.4. The Morgan fingerprint density at radius 1 is 0.380 bits per heavy atom. The summed E-state index contributed by atoms with van der Waals surface area (Å²) in [5.74, 6) is -2.13. The van der Waals surface area contributed by atoms with E-state index in [1.807, 2.05) is 32.9 Å². The number of unbranched alkanes of at least 4 members (excludes halogenated alkanes) is 5. The predicted octanol–water partition coefficient (Wildman–Crippen LogP) is 16.5. The van der Waals surface area contributed by atoms with Crippen molar-refractivity contribution in [2.45, 2.75) is 151 Å². The summed E-state index contributed by atoms with van der Waals surface area (Å²) in [6, 6.07) is 38.4. The zero-order valence-electron chi connectivity index (χ0n) is 54.5. The van der Waals surface area contributed by atoms with Gasteiger partial charge in [0.25, 0.3) is 0 Å². The number of hydrogen-bond acceptors (Lipinski definition) is 18. The summed E-state index contributed by atoms with van der Waals surface area (Å²) >= 11 is 0. The number of rotatable bonds is 25. The Hall–Kier alpha value is -9.32. The van der Waals surface area contributed by atoms with Gasteiger partial charge in [-0.1, -0.05) is 172 Å². The van der Waals surface area contributed by atoms with Gasteiger partial charge in [-0.25, -0.2) is 28.8 Å². The van der Waals surface area contributed by atoms with Crippen molar-refractivity contribution < 1.29 is 87.8 Å². The van der Waals surface area contributed by atoms with Crippen molar-refractivity contribution >= 4 is 35.8 Å². The van der Waals surface area contributed by atoms with E-state index in [2.05, 4.69) is 27.7 Å². The predicted molar refractivity (Wildman–Crippen MR) is 354 cm³/mol. The van der Waals surface area contributed by atoms with E-state index in [-0.39, 0.29) is 74.0 Å². The molecule has 0 unspecified atom stereocenters. The molecule has 1 aliphatic carbocycles. The third kappa shape index (κ3) is 33.5. The van der Waals surface area contributed by atoms with Crippen LogP contribution in [0.2, 0.25) is 0 Å². The summed E-state index contributed by atoms with van der Waals surface area (Å²) in [7, 11) is 0. The molecule has 6 aromatic rings. The maximum atomic E-state index is 11.8. The molecule has 18 heteroatoms. The van der Waals surface area contributed by atoms with Crippen LogP contribution in [-0.4, -0.2) is 106 Å². The van der Waals surface area contributed by atoms with Crippen molar-refractivity contribution in [1.82, 2.24) is 0 Å². The number of benzene rings is 6. The van der Waals surface area contributed by atoms with Crippen molar-refractivity contribution in [3.8, 4) is 34.5 Å². The van der Waals surface area contributed by atoms with Gasteiger partial charge in [-0.2, -0.15) is 0 Å². The van der Waals surface area contributed by atoms with Gasteiger partial charge >= 0.3 is 35.8 Å². The molecule has 0 amide bonds. The smallest absolute Gasteiger partial charge is 0.342 e. The standard InChI is InChI=1S/C13H16O3.C13H18O3.C13H16O3.2C12H16O3.C11H14O3/c14-12-9-5-4-8-11(12)13(15)16-10-6-2-1-3-7-10;2*1-2-3-4-7-10-16-13(15)11-8-5-6-9-12(11)14;1-9(2)7-8-15-12(14)10-5-3-4-6-11(10)13;1-2-3-6-9-15-12(14)10-7-4-5-8-11(10)13;1-8(2)7-14-11(13)9-5-3-4-6-10(9)12/h4-5,8-10,14H,1-3,6-7H2;5-6,8-9,14H,2-4,7,10H2,1H3;3-6,8-9,14H,2,7,10H2,1H3;3-6,9,13H,7-8H2,1-2H3;4-5,7-8,13H,2-3,6,9H2,1H3;3-6,8,12H,7H2,1-2H3. The average molecular weight is 1270 g/mol. The SMILES string of the molecule is CC(C)CCOC(=O)c1ccccc1O.CC(C)COC(=O)c1ccccc1O.CCC=CCCOC(=O)c1ccccc1O.CCCCCCOC(=O)c1ccccc1O.CCCCCOC(=O)c1ccccc1O.O=C(OC1CCCCC1)c1ccccc1O. The van der Waals surface area contributed by atoms with Gasteiger partial charge in [0, 0.05) is 0 Å². The summed E-state index contributed by atoms with van der Waals surface area (Å²) in [4.78, 5) is 69.1. The van der Waals surface area contributed by atoms with E-state index >= 15 is 0 Å². The lowest BCUT2D eigenvalue weighted by molar-refractivity contribution is 0.0206. The van der Waals surface area contributed by atoms with Crippen LogP contribution in [0.1, 0.15) is 207 Å². The molecular weight excluding hydrogens is 1180 g/mol. The highest BCUT2D eigenvalue weighted by Crippen LogP contribution is 2.25. The number of para-hydroxylation sites is 6. The molecule has 0 heterocycles. The molecule has 0 radical (unpaired) electrons. The fourth-order valence-electron chi connectivity index (χ4n) is 8.01. The highest BCUT2D eigenvalue weighted by atomic mass is 16.6. The van der Waals surface area contributed by atoms with Crippen LogP contribution in [-0.2, 0) is 28.4 Å². The average Bonchev–Trinajstić information content (AvgIpc) is 3.21. The summed E-state index contributed by atoms with van der Waals surface area (Å²) in [5, 5.41) is 56.5. The van der Waals surface area contributed by atoms with Crippen LogP contribution >= 0.6 is 0 Å². The lowest BCUT2D eigenvalue weighted by atomic mass is 9.98. The van der Waals surface area contributed by atoms with Gasteiger partial charge in [-0.05, 0) is 142 Å². The molecule has 92 heavy (non-hydrogen) atoms. The molecule has 0 aromatic heterocycles. The van der Waals surface area contributed by atoms with Gasteiger partial charge in [-0.3, -0.25) is 0 Å². The number of aromatic hydroxyl groups is 6. The zero-order valence-corrected chi connectivity index (χ0v) is 54.5. The molecule has 1 aliphatic rings. The van der Waals surface area contributed by atoms with Crippen molar-refractivity contribution in [3.63, 3.8) is 0 Å². The molecular formula is C74H96O18. The first kappa shape index (κ1) is 78.8. The molecule has 6 aromatic carbocycles. The van der Waals surface area contributed by atoms with Crippen molar-refractivity contribution in [1.29, 1.82) is 0 Å². The Morgan fingerprint density at radius 3 is 1.03 bits per heavy atom. The fraction of sp³-hybridized carbons (Fsp3) is 0.405. The third-order valence-corrected chi connectivity index (χ3v) is 13.2.